The molecule has 4 nitrogen and oxygen atoms in total. The molecule has 0 spiro atoms. The Bertz CT molecular complexity index is 899. The van der Waals surface area contributed by atoms with Gasteiger partial charge in [0.2, 0.25) is 0 Å². The third-order valence-corrected chi connectivity index (χ3v) is 4.15. The van der Waals surface area contributed by atoms with Crippen molar-refractivity contribution < 1.29 is 9.90 Å². The van der Waals surface area contributed by atoms with E-state index >= 15 is 0 Å². The molecule has 0 fully saturated rings. The smallest absolute Gasteiger partial charge is 0.195 e. The van der Waals surface area contributed by atoms with E-state index in [0.717, 1.165) is 22.2 Å². The molecule has 1 heterocycles. The van der Waals surface area contributed by atoms with Crippen LogP contribution in [0, 0.1) is 0 Å². The fraction of sp³-hybridized carbons (Fsp3) is 0.125. The Balaban J connectivity index is 2.18. The normalized spacial score (nSPS) is 12.8. The van der Waals surface area contributed by atoms with Gasteiger partial charge in [-0.2, -0.15) is 5.10 Å². The van der Waals surface area contributed by atoms with Gasteiger partial charge in [-0.25, -0.2) is 0 Å². The quantitative estimate of drug-likeness (QED) is 0.619. The Morgan fingerprint density at radius 3 is 2.67 bits per heavy atom. The molecular weight excluding hydrogens is 288 g/mol. The predicted molar refractivity (Wildman–Crippen MR) is 80.7 cm³/mol. The summed E-state index contributed by atoms with van der Waals surface area (Å²) in [4.78, 5) is 12.7. The third kappa shape index (κ3) is 1.60. The highest BCUT2D eigenvalue weighted by atomic mass is 35.5. The summed E-state index contributed by atoms with van der Waals surface area (Å²) in [6.45, 7) is 0.373. The van der Waals surface area contributed by atoms with E-state index < -0.39 is 0 Å². The average molecular weight is 299 g/mol. The fourth-order valence-electron chi connectivity index (χ4n) is 2.94. The second-order valence-electron chi connectivity index (χ2n) is 4.99. The van der Waals surface area contributed by atoms with Crippen LogP contribution in [0.15, 0.2) is 36.4 Å². The molecule has 1 N–H and O–H groups in total. The standard InChI is InChI=1S/C16H11ClN2O2/c17-11-5-6-12-14-13(11)16(21)10-4-2-1-3-9(10)15(14)18-19(12)7-8-20/h1-6,20H,7-8H2. The van der Waals surface area contributed by atoms with Crippen molar-refractivity contribution in [1.82, 2.24) is 9.78 Å². The van der Waals surface area contributed by atoms with Gasteiger partial charge in [-0.3, -0.25) is 9.48 Å². The molecule has 1 aromatic heterocycles. The van der Waals surface area contributed by atoms with Crippen molar-refractivity contribution in [3.63, 3.8) is 0 Å². The first-order chi connectivity index (χ1) is 10.2. The summed E-state index contributed by atoms with van der Waals surface area (Å²) in [6.07, 6.45) is 0. The average Bonchev–Trinajstić information content (AvgIpc) is 2.85. The summed E-state index contributed by atoms with van der Waals surface area (Å²) in [5.41, 5.74) is 3.52. The van der Waals surface area contributed by atoms with Crippen molar-refractivity contribution in [2.75, 3.05) is 6.61 Å². The molecule has 0 unspecified atom stereocenters. The first kappa shape index (κ1) is 12.6. The Labute approximate surface area is 125 Å². The van der Waals surface area contributed by atoms with Crippen LogP contribution in [0.4, 0.5) is 0 Å². The van der Waals surface area contributed by atoms with Crippen LogP contribution in [0.5, 0.6) is 0 Å². The number of aromatic nitrogens is 2. The number of ketones is 1. The van der Waals surface area contributed by atoms with Crippen molar-refractivity contribution in [1.29, 1.82) is 0 Å². The maximum absolute atomic E-state index is 12.7. The predicted octanol–water partition coefficient (Wildman–Crippen LogP) is 2.89. The van der Waals surface area contributed by atoms with Crippen LogP contribution >= 0.6 is 11.6 Å². The van der Waals surface area contributed by atoms with E-state index in [1.54, 1.807) is 16.8 Å². The highest BCUT2D eigenvalue weighted by Gasteiger charge is 2.30. The SMILES string of the molecule is O=C1c2ccccc2-c2nn(CCO)c3ccc(Cl)c1c23. The molecular formula is C16H11ClN2O2. The Morgan fingerprint density at radius 1 is 1.14 bits per heavy atom. The number of aliphatic hydroxyl groups excluding tert-OH is 1. The summed E-state index contributed by atoms with van der Waals surface area (Å²) in [5, 5.41) is 15.0. The maximum atomic E-state index is 12.7. The van der Waals surface area contributed by atoms with Crippen molar-refractivity contribution in [3.8, 4) is 11.3 Å². The van der Waals surface area contributed by atoms with Crippen molar-refractivity contribution in [2.45, 2.75) is 6.54 Å². The van der Waals surface area contributed by atoms with Gasteiger partial charge in [-0.1, -0.05) is 35.9 Å². The van der Waals surface area contributed by atoms with E-state index in [0.29, 0.717) is 22.7 Å². The lowest BCUT2D eigenvalue weighted by Gasteiger charge is -2.15. The van der Waals surface area contributed by atoms with Gasteiger partial charge >= 0.3 is 0 Å². The molecule has 0 amide bonds. The van der Waals surface area contributed by atoms with E-state index in [2.05, 4.69) is 5.10 Å². The second kappa shape index (κ2) is 4.41. The molecule has 0 radical (unpaired) electrons. The minimum Gasteiger partial charge on any atom is -0.394 e. The van der Waals surface area contributed by atoms with Gasteiger partial charge < -0.3 is 5.11 Å². The molecule has 2 aromatic carbocycles. The monoisotopic (exact) mass is 298 g/mol. The molecule has 0 aliphatic heterocycles. The van der Waals surface area contributed by atoms with Crippen LogP contribution in [0.25, 0.3) is 22.2 Å². The number of fused-ring (bicyclic) bond motifs is 2. The molecule has 1 aliphatic rings. The minimum absolute atomic E-state index is 0.0101. The first-order valence-corrected chi connectivity index (χ1v) is 7.04. The fourth-order valence-corrected chi connectivity index (χ4v) is 3.19. The number of carbonyl (C=O) groups is 1. The van der Waals surface area contributed by atoms with Gasteiger partial charge in [-0.05, 0) is 12.1 Å². The van der Waals surface area contributed by atoms with E-state index in [9.17, 15) is 9.90 Å². The number of carbonyl (C=O) groups excluding carboxylic acids is 1. The number of rotatable bonds is 2. The van der Waals surface area contributed by atoms with Crippen molar-refractivity contribution >= 4 is 28.3 Å². The molecule has 0 atom stereocenters. The van der Waals surface area contributed by atoms with Gasteiger partial charge in [0.1, 0.15) is 5.69 Å². The van der Waals surface area contributed by atoms with Crippen LogP contribution in [0.1, 0.15) is 15.9 Å². The first-order valence-electron chi connectivity index (χ1n) is 6.66. The number of hydrogen-bond donors (Lipinski definition) is 1. The summed E-state index contributed by atoms with van der Waals surface area (Å²) in [7, 11) is 0. The summed E-state index contributed by atoms with van der Waals surface area (Å²) >= 11 is 6.25. The maximum Gasteiger partial charge on any atom is 0.195 e. The number of aliphatic hydroxyl groups is 1. The lowest BCUT2D eigenvalue weighted by molar-refractivity contribution is 0.104. The lowest BCUT2D eigenvalue weighted by Crippen LogP contribution is -2.09. The molecule has 5 heteroatoms. The zero-order valence-corrected chi connectivity index (χ0v) is 11.8. The van der Waals surface area contributed by atoms with Crippen molar-refractivity contribution in [3.05, 3.63) is 52.5 Å². The van der Waals surface area contributed by atoms with Crippen LogP contribution in [0.3, 0.4) is 0 Å². The molecule has 1 aliphatic carbocycles. The number of halogens is 1. The molecule has 0 saturated heterocycles. The van der Waals surface area contributed by atoms with Gasteiger partial charge in [0, 0.05) is 16.5 Å². The highest BCUT2D eigenvalue weighted by molar-refractivity contribution is 6.39. The van der Waals surface area contributed by atoms with E-state index in [4.69, 9.17) is 11.6 Å². The van der Waals surface area contributed by atoms with Gasteiger partial charge in [-0.15, -0.1) is 0 Å². The zero-order valence-electron chi connectivity index (χ0n) is 11.0. The third-order valence-electron chi connectivity index (χ3n) is 3.83. The highest BCUT2D eigenvalue weighted by Crippen LogP contribution is 2.41. The second-order valence-corrected chi connectivity index (χ2v) is 5.39. The van der Waals surface area contributed by atoms with E-state index in [-0.39, 0.29) is 12.4 Å². The molecule has 3 aromatic rings. The van der Waals surface area contributed by atoms with Crippen LogP contribution in [-0.4, -0.2) is 27.3 Å². The Hall–Kier alpha value is -2.17. The van der Waals surface area contributed by atoms with Crippen LogP contribution in [-0.2, 0) is 6.54 Å². The molecule has 21 heavy (non-hydrogen) atoms. The molecule has 4 rings (SSSR count). The molecule has 0 bridgehead atoms. The minimum atomic E-state index is -0.0720. The topological polar surface area (TPSA) is 55.1 Å². The van der Waals surface area contributed by atoms with Crippen LogP contribution < -0.4 is 0 Å². The van der Waals surface area contributed by atoms with Crippen LogP contribution in [0.2, 0.25) is 5.02 Å². The Kier molecular flexibility index (Phi) is 2.64. The molecule has 104 valence electrons. The largest absolute Gasteiger partial charge is 0.394 e. The lowest BCUT2D eigenvalue weighted by atomic mass is 9.87. The number of nitrogens with zero attached hydrogens (tertiary/aromatic N) is 2. The van der Waals surface area contributed by atoms with E-state index in [1.807, 2.05) is 24.3 Å². The summed E-state index contributed by atoms with van der Waals surface area (Å²) < 4.78 is 1.72. The number of hydrogen-bond acceptors (Lipinski definition) is 3. The summed E-state index contributed by atoms with van der Waals surface area (Å²) in [5.74, 6) is -0.0720. The van der Waals surface area contributed by atoms with E-state index in [1.165, 1.54) is 0 Å². The van der Waals surface area contributed by atoms with Gasteiger partial charge in [0.15, 0.2) is 5.78 Å². The van der Waals surface area contributed by atoms with Crippen molar-refractivity contribution in [2.24, 2.45) is 0 Å². The zero-order chi connectivity index (χ0) is 14.6. The number of benzene rings is 2. The van der Waals surface area contributed by atoms with Gasteiger partial charge in [0.25, 0.3) is 0 Å². The van der Waals surface area contributed by atoms with Gasteiger partial charge in [0.05, 0.1) is 29.3 Å². The Morgan fingerprint density at radius 2 is 1.90 bits per heavy atom. The molecule has 0 saturated carbocycles. The summed E-state index contributed by atoms with van der Waals surface area (Å²) in [6, 6.07) is 11.0.